The maximum atomic E-state index is 11.8. The average Bonchev–Trinajstić information content (AvgIpc) is 3.53. The Morgan fingerprint density at radius 1 is 1.05 bits per heavy atom. The zero-order valence-electron chi connectivity index (χ0n) is 22.7. The minimum absolute atomic E-state index is 0.209. The van der Waals surface area contributed by atoms with Crippen molar-refractivity contribution in [2.24, 2.45) is 0 Å². The molecule has 0 radical (unpaired) electrons. The Morgan fingerprint density at radius 3 is 2.48 bits per heavy atom. The molecule has 3 aromatic rings. The normalized spacial score (nSPS) is 32.9. The first kappa shape index (κ1) is 30.8. The van der Waals surface area contributed by atoms with Gasteiger partial charge in [0.2, 0.25) is 0 Å². The molecule has 5 rings (SSSR count). The minimum Gasteiger partial charge on any atom is -0.489 e. The molecule has 2 fully saturated rings. The predicted molar refractivity (Wildman–Crippen MR) is 139 cm³/mol. The number of ether oxygens (including phenoxy) is 5. The number of fused-ring (bicyclic) bond motifs is 2. The fourth-order valence-corrected chi connectivity index (χ4v) is 4.79. The quantitative estimate of drug-likeness (QED) is 0.129. The molecule has 2 aromatic heterocycles. The second-order valence-corrected chi connectivity index (χ2v) is 11.0. The van der Waals surface area contributed by atoms with Crippen molar-refractivity contribution >= 4 is 21.9 Å². The van der Waals surface area contributed by atoms with Gasteiger partial charge >= 0.3 is 5.63 Å². The van der Waals surface area contributed by atoms with E-state index in [-0.39, 0.29) is 17.9 Å². The molecule has 0 spiro atoms. The number of furan rings is 1. The molecule has 2 aliphatic rings. The van der Waals surface area contributed by atoms with Gasteiger partial charge in [-0.15, -0.1) is 0 Å². The van der Waals surface area contributed by atoms with E-state index in [1.165, 1.54) is 32.2 Å². The number of aliphatic hydroxyl groups is 7. The number of hydrogen-bond acceptors (Lipinski definition) is 15. The Balaban J connectivity index is 1.31. The van der Waals surface area contributed by atoms with Crippen LogP contribution in [0, 0.1) is 0 Å². The summed E-state index contributed by atoms with van der Waals surface area (Å²) < 4.78 is 38.9. The van der Waals surface area contributed by atoms with Gasteiger partial charge in [0.25, 0.3) is 0 Å². The van der Waals surface area contributed by atoms with Crippen LogP contribution in [0.25, 0.3) is 21.9 Å². The van der Waals surface area contributed by atoms with E-state index in [0.717, 1.165) is 0 Å². The molecule has 0 saturated carbocycles. The lowest BCUT2D eigenvalue weighted by molar-refractivity contribution is -0.329. The molecule has 42 heavy (non-hydrogen) atoms. The monoisotopic (exact) mass is 598 g/mol. The van der Waals surface area contributed by atoms with Gasteiger partial charge in [-0.25, -0.2) is 4.79 Å². The number of benzene rings is 1. The van der Waals surface area contributed by atoms with E-state index in [4.69, 9.17) is 32.5 Å². The van der Waals surface area contributed by atoms with E-state index in [1.54, 1.807) is 12.1 Å². The molecular weight excluding hydrogens is 564 g/mol. The lowest BCUT2D eigenvalue weighted by Crippen LogP contribution is -2.61. The highest BCUT2D eigenvalue weighted by atomic mass is 16.7. The number of aliphatic hydroxyl groups excluding tert-OH is 5. The highest BCUT2D eigenvalue weighted by molar-refractivity contribution is 6.01. The van der Waals surface area contributed by atoms with Gasteiger partial charge in [-0.3, -0.25) is 0 Å². The molecule has 2 saturated heterocycles. The molecule has 0 bridgehead atoms. The van der Waals surface area contributed by atoms with Crippen molar-refractivity contribution in [2.45, 2.75) is 74.3 Å². The van der Waals surface area contributed by atoms with Gasteiger partial charge in [0.15, 0.2) is 12.6 Å². The summed E-state index contributed by atoms with van der Waals surface area (Å²) in [5, 5.41) is 73.1. The maximum Gasteiger partial charge on any atom is 0.336 e. The lowest BCUT2D eigenvalue weighted by Gasteiger charge is -2.43. The third kappa shape index (κ3) is 5.91. The predicted octanol–water partition coefficient (Wildman–Crippen LogP) is -1.66. The highest BCUT2D eigenvalue weighted by Crippen LogP contribution is 2.36. The van der Waals surface area contributed by atoms with Crippen LogP contribution in [-0.2, 0) is 18.9 Å². The molecule has 15 heteroatoms. The van der Waals surface area contributed by atoms with Crippen molar-refractivity contribution in [3.05, 3.63) is 40.9 Å². The number of hydrogen-bond donors (Lipinski definition) is 7. The Morgan fingerprint density at radius 2 is 1.79 bits per heavy atom. The molecule has 232 valence electrons. The average molecular weight is 599 g/mol. The summed E-state index contributed by atoms with van der Waals surface area (Å²) in [6.45, 7) is 0.889. The molecule has 1 aromatic carbocycles. The number of rotatable bonds is 10. The van der Waals surface area contributed by atoms with Crippen molar-refractivity contribution in [3.63, 3.8) is 0 Å². The van der Waals surface area contributed by atoms with Crippen molar-refractivity contribution in [1.82, 2.24) is 0 Å². The fraction of sp³-hybridized carbons (Fsp3) is 0.593. The summed E-state index contributed by atoms with van der Waals surface area (Å²) in [6.07, 6.45) is -10.8. The maximum absolute atomic E-state index is 11.8. The summed E-state index contributed by atoms with van der Waals surface area (Å²) in [5.74, 6) is 0.280. The first-order valence-electron chi connectivity index (χ1n) is 13.2. The van der Waals surface area contributed by atoms with Crippen LogP contribution in [0.3, 0.4) is 0 Å². The van der Waals surface area contributed by atoms with Gasteiger partial charge in [-0.2, -0.15) is 0 Å². The zero-order chi connectivity index (χ0) is 30.4. The molecule has 0 amide bonds. The van der Waals surface area contributed by atoms with Gasteiger partial charge in [0, 0.05) is 12.1 Å². The van der Waals surface area contributed by atoms with Gasteiger partial charge < -0.3 is 68.3 Å². The smallest absolute Gasteiger partial charge is 0.336 e. The first-order valence-corrected chi connectivity index (χ1v) is 13.2. The van der Waals surface area contributed by atoms with Gasteiger partial charge in [0.1, 0.15) is 65.7 Å². The molecule has 2 aliphatic heterocycles. The van der Waals surface area contributed by atoms with Gasteiger partial charge in [-0.05, 0) is 26.0 Å². The third-order valence-corrected chi connectivity index (χ3v) is 7.45. The van der Waals surface area contributed by atoms with E-state index >= 15 is 0 Å². The van der Waals surface area contributed by atoms with Crippen molar-refractivity contribution in [3.8, 4) is 5.75 Å². The molecule has 4 heterocycles. The minimum atomic E-state index is -1.94. The van der Waals surface area contributed by atoms with Crippen LogP contribution in [0.5, 0.6) is 5.75 Å². The van der Waals surface area contributed by atoms with Gasteiger partial charge in [-0.1, -0.05) is 0 Å². The van der Waals surface area contributed by atoms with Crippen LogP contribution in [0.15, 0.2) is 44.2 Å². The third-order valence-electron chi connectivity index (χ3n) is 7.45. The summed E-state index contributed by atoms with van der Waals surface area (Å²) >= 11 is 0. The summed E-state index contributed by atoms with van der Waals surface area (Å²) in [4.78, 5) is 11.8. The Kier molecular flexibility index (Phi) is 8.63. The van der Waals surface area contributed by atoms with Crippen LogP contribution in [0.4, 0.5) is 0 Å². The summed E-state index contributed by atoms with van der Waals surface area (Å²) in [7, 11) is 0. The summed E-state index contributed by atoms with van der Waals surface area (Å²) in [6, 6.07) is 5.94. The second kappa shape index (κ2) is 11.8. The van der Waals surface area contributed by atoms with E-state index < -0.39 is 85.9 Å². The Labute approximate surface area is 238 Å². The molecular formula is C27H34O15. The molecule has 0 aliphatic carbocycles. The van der Waals surface area contributed by atoms with Crippen LogP contribution in [0.2, 0.25) is 0 Å². The fourth-order valence-electron chi connectivity index (χ4n) is 4.79. The van der Waals surface area contributed by atoms with Gasteiger partial charge in [0.05, 0.1) is 42.5 Å². The Hall–Kier alpha value is -2.67. The van der Waals surface area contributed by atoms with Crippen molar-refractivity contribution in [1.29, 1.82) is 0 Å². The lowest BCUT2D eigenvalue weighted by atomic mass is 9.98. The largest absolute Gasteiger partial charge is 0.489 e. The van der Waals surface area contributed by atoms with Crippen molar-refractivity contribution < 1.29 is 68.3 Å². The standard InChI is InChI=1S/C27H34O15/c1-26(2,34)17(9-37-22-12-3-4-18(29)40-15(12)7-14-13(22)5-6-36-14)42-24-21(32)20(31)19(30)16(41-24)8-38-25-23(33)27(35,10-28)11-39-25/h3-7,16-17,19-21,23-25,28,30-35H,8-11H2,1-2H3/t16-,17-,19-,20+,21-,23+,24+,25-,27-/m1/s1. The molecule has 15 nitrogen and oxygen atoms in total. The highest BCUT2D eigenvalue weighted by Gasteiger charge is 2.50. The first-order chi connectivity index (χ1) is 19.8. The Bertz CT molecular complexity index is 1430. The van der Waals surface area contributed by atoms with Crippen LogP contribution in [-0.4, -0.2) is 123 Å². The van der Waals surface area contributed by atoms with Crippen molar-refractivity contribution in [2.75, 3.05) is 26.4 Å². The van der Waals surface area contributed by atoms with E-state index in [9.17, 15) is 40.5 Å². The van der Waals surface area contributed by atoms with Crippen LogP contribution >= 0.6 is 0 Å². The summed E-state index contributed by atoms with van der Waals surface area (Å²) in [5.41, 5.74) is -3.50. The zero-order valence-corrected chi connectivity index (χ0v) is 22.7. The second-order valence-electron chi connectivity index (χ2n) is 11.0. The van der Waals surface area contributed by atoms with Crippen LogP contribution < -0.4 is 10.4 Å². The van der Waals surface area contributed by atoms with Crippen LogP contribution in [0.1, 0.15) is 13.8 Å². The SMILES string of the molecule is CC(C)(O)[C@@H](COc1c2ccoc2cc2oc(=O)ccc12)O[C@@H]1O[C@H](CO[C@@H]2OC[C@](O)(CO)[C@H]2O)[C@@H](O)[C@H](O)[C@H]1O. The van der Waals surface area contributed by atoms with E-state index in [2.05, 4.69) is 0 Å². The van der Waals surface area contributed by atoms with E-state index in [0.29, 0.717) is 16.4 Å². The molecule has 7 N–H and O–H groups in total. The molecule has 0 unspecified atom stereocenters. The van der Waals surface area contributed by atoms with E-state index in [1.807, 2.05) is 0 Å². The topological polar surface area (TPSA) is 231 Å². The molecule has 9 atom stereocenters.